The van der Waals surface area contributed by atoms with Gasteiger partial charge in [-0.2, -0.15) is 0 Å². The van der Waals surface area contributed by atoms with E-state index in [1.807, 2.05) is 67.8 Å². The lowest BCUT2D eigenvalue weighted by molar-refractivity contribution is -0.124. The number of carbonyl (C=O) groups is 2. The number of fused-ring (bicyclic) bond motifs is 1. The van der Waals surface area contributed by atoms with Gasteiger partial charge in [-0.1, -0.05) is 56.3 Å². The van der Waals surface area contributed by atoms with Crippen LogP contribution >= 0.6 is 11.3 Å². The molecule has 5 nitrogen and oxygen atoms in total. The van der Waals surface area contributed by atoms with Crippen LogP contribution in [0.3, 0.4) is 0 Å². The highest BCUT2D eigenvalue weighted by Crippen LogP contribution is 2.20. The van der Waals surface area contributed by atoms with Crippen LogP contribution in [0.2, 0.25) is 0 Å². The van der Waals surface area contributed by atoms with Crippen molar-refractivity contribution in [2.75, 3.05) is 6.54 Å². The van der Waals surface area contributed by atoms with E-state index in [1.165, 1.54) is 11.3 Å². The number of nitrogens with one attached hydrogen (secondary N) is 2. The van der Waals surface area contributed by atoms with Crippen molar-refractivity contribution in [3.05, 3.63) is 70.4 Å². The van der Waals surface area contributed by atoms with Crippen molar-refractivity contribution in [3.8, 4) is 0 Å². The number of carbonyl (C=O) groups excluding carboxylic acids is 2. The largest absolute Gasteiger partial charge is 0.346 e. The van der Waals surface area contributed by atoms with Gasteiger partial charge in [0.05, 0.1) is 10.9 Å². The first-order valence-corrected chi connectivity index (χ1v) is 10.2. The van der Waals surface area contributed by atoms with Crippen LogP contribution in [-0.4, -0.2) is 24.4 Å². The van der Waals surface area contributed by atoms with Crippen molar-refractivity contribution in [2.45, 2.75) is 25.9 Å². The van der Waals surface area contributed by atoms with Gasteiger partial charge in [0.2, 0.25) is 5.91 Å². The second-order valence-electron chi connectivity index (χ2n) is 7.08. The van der Waals surface area contributed by atoms with Gasteiger partial charge in [-0.3, -0.25) is 9.59 Å². The fourth-order valence-electron chi connectivity index (χ4n) is 3.12. The average Bonchev–Trinajstić information content (AvgIpc) is 3.24. The third-order valence-corrected chi connectivity index (χ3v) is 5.58. The number of rotatable bonds is 7. The van der Waals surface area contributed by atoms with Gasteiger partial charge in [-0.05, 0) is 39.8 Å². The van der Waals surface area contributed by atoms with Gasteiger partial charge >= 0.3 is 0 Å². The summed E-state index contributed by atoms with van der Waals surface area (Å²) in [6.07, 6.45) is 0. The predicted molar refractivity (Wildman–Crippen MR) is 114 cm³/mol. The summed E-state index contributed by atoms with van der Waals surface area (Å²) >= 11 is 1.35. The summed E-state index contributed by atoms with van der Waals surface area (Å²) in [5.74, 6) is -0.527. The fourth-order valence-corrected chi connectivity index (χ4v) is 3.75. The summed E-state index contributed by atoms with van der Waals surface area (Å²) < 4.78 is 0. The highest BCUT2D eigenvalue weighted by atomic mass is 32.1. The van der Waals surface area contributed by atoms with Crippen molar-refractivity contribution >= 4 is 33.9 Å². The van der Waals surface area contributed by atoms with E-state index in [0.29, 0.717) is 4.88 Å². The van der Waals surface area contributed by atoms with Gasteiger partial charge in [0.25, 0.3) is 5.91 Å². The third-order valence-electron chi connectivity index (χ3n) is 4.71. The standard InChI is InChI=1S/C22H25N3O2S/c1-14(2)20(25-21(26)19-8-5-11-28-19)22(27)24-18(13-23)17-10-9-15-6-3-4-7-16(15)12-17/h3-12,14,18,20H,13,23H2,1-2H3,(H,24,27)(H,25,26). The Labute approximate surface area is 168 Å². The first-order chi connectivity index (χ1) is 13.5. The summed E-state index contributed by atoms with van der Waals surface area (Å²) in [5, 5.41) is 9.92. The molecule has 2 amide bonds. The Kier molecular flexibility index (Phi) is 6.44. The van der Waals surface area contributed by atoms with Gasteiger partial charge in [0, 0.05) is 6.54 Å². The maximum absolute atomic E-state index is 12.9. The van der Waals surface area contributed by atoms with Crippen LogP contribution in [0, 0.1) is 5.92 Å². The van der Waals surface area contributed by atoms with Gasteiger partial charge < -0.3 is 16.4 Å². The molecule has 146 valence electrons. The molecule has 0 aliphatic rings. The zero-order valence-electron chi connectivity index (χ0n) is 16.0. The van der Waals surface area contributed by atoms with Crippen LogP contribution in [0.15, 0.2) is 60.0 Å². The maximum atomic E-state index is 12.9. The first kappa shape index (κ1) is 20.0. The van der Waals surface area contributed by atoms with Crippen LogP contribution in [0.1, 0.15) is 35.1 Å². The molecule has 2 unspecified atom stereocenters. The molecule has 0 fully saturated rings. The Morgan fingerprint density at radius 2 is 1.75 bits per heavy atom. The third kappa shape index (κ3) is 4.58. The zero-order chi connectivity index (χ0) is 20.1. The lowest BCUT2D eigenvalue weighted by atomic mass is 9.99. The Morgan fingerprint density at radius 1 is 1.00 bits per heavy atom. The highest BCUT2D eigenvalue weighted by Gasteiger charge is 2.27. The lowest BCUT2D eigenvalue weighted by Crippen LogP contribution is -2.51. The van der Waals surface area contributed by atoms with E-state index >= 15 is 0 Å². The second-order valence-corrected chi connectivity index (χ2v) is 8.02. The van der Waals surface area contributed by atoms with E-state index in [1.54, 1.807) is 6.07 Å². The fraction of sp³-hybridized carbons (Fsp3) is 0.273. The molecule has 3 aromatic rings. The molecule has 0 saturated carbocycles. The number of amides is 2. The summed E-state index contributed by atoms with van der Waals surface area (Å²) in [6, 6.07) is 16.7. The first-order valence-electron chi connectivity index (χ1n) is 9.33. The molecule has 2 atom stereocenters. The molecular formula is C22H25N3O2S. The maximum Gasteiger partial charge on any atom is 0.262 e. The molecule has 0 spiro atoms. The van der Waals surface area contributed by atoms with E-state index in [0.717, 1.165) is 16.3 Å². The summed E-state index contributed by atoms with van der Waals surface area (Å²) in [7, 11) is 0. The highest BCUT2D eigenvalue weighted by molar-refractivity contribution is 7.12. The van der Waals surface area contributed by atoms with E-state index in [4.69, 9.17) is 5.73 Å². The lowest BCUT2D eigenvalue weighted by Gasteiger charge is -2.25. The predicted octanol–water partition coefficient (Wildman–Crippen LogP) is 3.47. The van der Waals surface area contributed by atoms with E-state index in [9.17, 15) is 9.59 Å². The Hall–Kier alpha value is -2.70. The molecule has 0 aliphatic carbocycles. The zero-order valence-corrected chi connectivity index (χ0v) is 16.8. The number of benzene rings is 2. The molecule has 0 saturated heterocycles. The molecule has 6 heteroatoms. The molecule has 0 aliphatic heterocycles. The van der Waals surface area contributed by atoms with Crippen molar-refractivity contribution in [1.82, 2.24) is 10.6 Å². The van der Waals surface area contributed by atoms with Crippen LogP contribution < -0.4 is 16.4 Å². The summed E-state index contributed by atoms with van der Waals surface area (Å²) in [4.78, 5) is 25.9. The topological polar surface area (TPSA) is 84.2 Å². The normalized spacial score (nSPS) is 13.3. The SMILES string of the molecule is CC(C)C(NC(=O)c1cccs1)C(=O)NC(CN)c1ccc2ccccc2c1. The number of hydrogen-bond donors (Lipinski definition) is 3. The molecule has 0 bridgehead atoms. The smallest absolute Gasteiger partial charge is 0.262 e. The molecule has 28 heavy (non-hydrogen) atoms. The van der Waals surface area contributed by atoms with Crippen molar-refractivity contribution in [2.24, 2.45) is 11.7 Å². The van der Waals surface area contributed by atoms with Crippen molar-refractivity contribution in [3.63, 3.8) is 0 Å². The molecule has 2 aromatic carbocycles. The molecule has 0 radical (unpaired) electrons. The average molecular weight is 396 g/mol. The quantitative estimate of drug-likeness (QED) is 0.573. The minimum Gasteiger partial charge on any atom is -0.346 e. The molecular weight excluding hydrogens is 370 g/mol. The Bertz CT molecular complexity index is 953. The Morgan fingerprint density at radius 3 is 2.39 bits per heavy atom. The van der Waals surface area contributed by atoms with Gasteiger partial charge in [-0.25, -0.2) is 0 Å². The van der Waals surface area contributed by atoms with Crippen LogP contribution in [0.25, 0.3) is 10.8 Å². The number of hydrogen-bond acceptors (Lipinski definition) is 4. The van der Waals surface area contributed by atoms with Crippen molar-refractivity contribution < 1.29 is 9.59 Å². The van der Waals surface area contributed by atoms with E-state index < -0.39 is 6.04 Å². The van der Waals surface area contributed by atoms with Crippen LogP contribution in [-0.2, 0) is 4.79 Å². The van der Waals surface area contributed by atoms with Crippen LogP contribution in [0.4, 0.5) is 0 Å². The minimum atomic E-state index is -0.635. The number of nitrogens with two attached hydrogens (primary N) is 1. The Balaban J connectivity index is 1.75. The molecule has 3 rings (SSSR count). The molecule has 1 heterocycles. The summed E-state index contributed by atoms with van der Waals surface area (Å²) in [5.41, 5.74) is 6.90. The number of thiophene rings is 1. The second kappa shape index (κ2) is 8.99. The van der Waals surface area contributed by atoms with Crippen LogP contribution in [0.5, 0.6) is 0 Å². The van der Waals surface area contributed by atoms with E-state index in [-0.39, 0.29) is 30.3 Å². The summed E-state index contributed by atoms with van der Waals surface area (Å²) in [6.45, 7) is 4.09. The van der Waals surface area contributed by atoms with Crippen molar-refractivity contribution in [1.29, 1.82) is 0 Å². The monoisotopic (exact) mass is 395 g/mol. The minimum absolute atomic E-state index is 0.0565. The van der Waals surface area contributed by atoms with Gasteiger partial charge in [-0.15, -0.1) is 11.3 Å². The van der Waals surface area contributed by atoms with E-state index in [2.05, 4.69) is 10.6 Å². The van der Waals surface area contributed by atoms with Gasteiger partial charge in [0.1, 0.15) is 6.04 Å². The van der Waals surface area contributed by atoms with Gasteiger partial charge in [0.15, 0.2) is 0 Å². The molecule has 1 aromatic heterocycles. The molecule has 4 N–H and O–H groups in total.